The van der Waals surface area contributed by atoms with Crippen LogP contribution in [-0.2, 0) is 6.42 Å². The number of methoxy groups -OCH3 is 1. The first-order chi connectivity index (χ1) is 8.46. The van der Waals surface area contributed by atoms with Crippen molar-refractivity contribution in [3.05, 3.63) is 29.1 Å². The quantitative estimate of drug-likeness (QED) is 0.813. The summed E-state index contributed by atoms with van der Waals surface area (Å²) in [6, 6.07) is 3.66. The van der Waals surface area contributed by atoms with Crippen LogP contribution in [0.3, 0.4) is 0 Å². The van der Waals surface area contributed by atoms with Crippen molar-refractivity contribution in [2.45, 2.75) is 39.2 Å². The van der Waals surface area contributed by atoms with E-state index >= 15 is 0 Å². The summed E-state index contributed by atoms with van der Waals surface area (Å²) in [7, 11) is 3.52. The number of hydrogen-bond donors (Lipinski definition) is 1. The lowest BCUT2D eigenvalue weighted by molar-refractivity contribution is 0.279. The van der Waals surface area contributed by atoms with Gasteiger partial charge in [0.05, 0.1) is 7.11 Å². The molecular weight excluding hydrogens is 229 g/mol. The van der Waals surface area contributed by atoms with Crippen molar-refractivity contribution in [3.8, 4) is 5.75 Å². The van der Waals surface area contributed by atoms with Crippen molar-refractivity contribution in [1.29, 1.82) is 0 Å². The minimum absolute atomic E-state index is 0.137. The molecule has 1 aromatic carbocycles. The number of rotatable bonds is 2. The summed E-state index contributed by atoms with van der Waals surface area (Å²) in [5, 5.41) is 3.31. The molecule has 1 unspecified atom stereocenters. The smallest absolute Gasteiger partial charge is 0.130 e. The first-order valence-corrected chi connectivity index (χ1v) is 6.50. The zero-order chi connectivity index (χ0) is 13.3. The topological polar surface area (TPSA) is 21.3 Å². The highest BCUT2D eigenvalue weighted by molar-refractivity contribution is 5.40. The van der Waals surface area contributed by atoms with Crippen LogP contribution in [0.5, 0.6) is 5.75 Å². The van der Waals surface area contributed by atoms with E-state index in [1.165, 1.54) is 6.07 Å². The standard InChI is InChI=1S/C15H22FNO/c1-15(2)6-5-11-12(14(9-15)17-3)7-10(18-4)8-13(11)16/h7-8,14,17H,5-6,9H2,1-4H3. The molecule has 1 atom stereocenters. The summed E-state index contributed by atoms with van der Waals surface area (Å²) < 4.78 is 19.3. The average molecular weight is 251 g/mol. The van der Waals surface area contributed by atoms with Crippen molar-refractivity contribution in [1.82, 2.24) is 5.32 Å². The van der Waals surface area contributed by atoms with Crippen LogP contribution in [0.15, 0.2) is 12.1 Å². The molecule has 100 valence electrons. The van der Waals surface area contributed by atoms with Gasteiger partial charge in [-0.25, -0.2) is 4.39 Å². The zero-order valence-corrected chi connectivity index (χ0v) is 11.6. The first kappa shape index (κ1) is 13.3. The van der Waals surface area contributed by atoms with E-state index in [9.17, 15) is 4.39 Å². The lowest BCUT2D eigenvalue weighted by atomic mass is 9.83. The molecule has 0 aliphatic heterocycles. The van der Waals surface area contributed by atoms with Crippen LogP contribution in [0.1, 0.15) is 43.9 Å². The van der Waals surface area contributed by atoms with Crippen molar-refractivity contribution in [2.24, 2.45) is 5.41 Å². The molecule has 0 amide bonds. The predicted octanol–water partition coefficient (Wildman–Crippen LogP) is 3.46. The van der Waals surface area contributed by atoms with Gasteiger partial charge in [0.2, 0.25) is 0 Å². The third kappa shape index (κ3) is 2.51. The summed E-state index contributed by atoms with van der Waals surface area (Å²) in [5.41, 5.74) is 2.13. The Morgan fingerprint density at radius 2 is 2.11 bits per heavy atom. The van der Waals surface area contributed by atoms with Gasteiger partial charge in [-0.2, -0.15) is 0 Å². The number of ether oxygens (including phenoxy) is 1. The largest absolute Gasteiger partial charge is 0.497 e. The van der Waals surface area contributed by atoms with E-state index in [0.29, 0.717) is 5.75 Å². The molecule has 0 aromatic heterocycles. The molecule has 1 aliphatic carbocycles. The van der Waals surface area contributed by atoms with Gasteiger partial charge in [-0.1, -0.05) is 13.8 Å². The fourth-order valence-corrected chi connectivity index (χ4v) is 2.81. The Kier molecular flexibility index (Phi) is 3.62. The molecule has 3 heteroatoms. The maximum atomic E-state index is 14.2. The number of benzene rings is 1. The predicted molar refractivity (Wildman–Crippen MR) is 71.5 cm³/mol. The fraction of sp³-hybridized carbons (Fsp3) is 0.600. The molecule has 1 N–H and O–H groups in total. The molecule has 0 spiro atoms. The Balaban J connectivity index is 2.50. The van der Waals surface area contributed by atoms with Crippen molar-refractivity contribution >= 4 is 0 Å². The van der Waals surface area contributed by atoms with E-state index in [-0.39, 0.29) is 17.3 Å². The number of hydrogen-bond acceptors (Lipinski definition) is 2. The molecule has 18 heavy (non-hydrogen) atoms. The Morgan fingerprint density at radius 3 is 2.72 bits per heavy atom. The maximum absolute atomic E-state index is 14.2. The van der Waals surface area contributed by atoms with E-state index in [1.54, 1.807) is 7.11 Å². The third-order valence-corrected chi connectivity index (χ3v) is 3.97. The second-order valence-electron chi connectivity index (χ2n) is 5.89. The number of halogens is 1. The Labute approximate surface area is 109 Å². The van der Waals surface area contributed by atoms with Crippen molar-refractivity contribution < 1.29 is 9.13 Å². The second-order valence-corrected chi connectivity index (χ2v) is 5.89. The molecule has 0 saturated carbocycles. The van der Waals surface area contributed by atoms with Crippen LogP contribution in [0.2, 0.25) is 0 Å². The molecule has 2 nitrogen and oxygen atoms in total. The minimum Gasteiger partial charge on any atom is -0.497 e. The molecule has 0 fully saturated rings. The summed E-state index contributed by atoms with van der Waals surface area (Å²) in [5.74, 6) is 0.466. The van der Waals surface area contributed by atoms with Gasteiger partial charge in [0.15, 0.2) is 0 Å². The molecule has 0 saturated heterocycles. The highest BCUT2D eigenvalue weighted by atomic mass is 19.1. The highest BCUT2D eigenvalue weighted by Gasteiger charge is 2.30. The van der Waals surface area contributed by atoms with Gasteiger partial charge in [0, 0.05) is 12.1 Å². The molecule has 0 bridgehead atoms. The lowest BCUT2D eigenvalue weighted by Gasteiger charge is -2.26. The number of nitrogens with one attached hydrogen (secondary N) is 1. The Bertz CT molecular complexity index is 442. The maximum Gasteiger partial charge on any atom is 0.130 e. The molecule has 0 heterocycles. The molecule has 2 rings (SSSR count). The van der Waals surface area contributed by atoms with E-state index < -0.39 is 0 Å². The summed E-state index contributed by atoms with van der Waals surface area (Å²) >= 11 is 0. The van der Waals surface area contributed by atoms with Crippen molar-refractivity contribution in [3.63, 3.8) is 0 Å². The van der Waals surface area contributed by atoms with Gasteiger partial charge < -0.3 is 10.1 Å². The third-order valence-electron chi connectivity index (χ3n) is 3.97. The highest BCUT2D eigenvalue weighted by Crippen LogP contribution is 2.41. The van der Waals surface area contributed by atoms with E-state index in [1.807, 2.05) is 13.1 Å². The van der Waals surface area contributed by atoms with Gasteiger partial charge in [0.1, 0.15) is 11.6 Å². The van der Waals surface area contributed by atoms with E-state index in [4.69, 9.17) is 4.74 Å². The summed E-state index contributed by atoms with van der Waals surface area (Å²) in [6.45, 7) is 4.50. The normalized spacial score (nSPS) is 22.2. The van der Waals surface area contributed by atoms with Crippen LogP contribution in [0, 0.1) is 11.2 Å². The molecular formula is C15H22FNO. The van der Waals surface area contributed by atoms with Gasteiger partial charge in [-0.15, -0.1) is 0 Å². The first-order valence-electron chi connectivity index (χ1n) is 6.50. The van der Waals surface area contributed by atoms with E-state index in [0.717, 1.165) is 30.4 Å². The fourth-order valence-electron chi connectivity index (χ4n) is 2.81. The monoisotopic (exact) mass is 251 g/mol. The van der Waals surface area contributed by atoms with Crippen LogP contribution < -0.4 is 10.1 Å². The zero-order valence-electron chi connectivity index (χ0n) is 11.6. The number of fused-ring (bicyclic) bond motifs is 1. The van der Waals surface area contributed by atoms with Gasteiger partial charge in [0.25, 0.3) is 0 Å². The van der Waals surface area contributed by atoms with Crippen LogP contribution in [0.25, 0.3) is 0 Å². The van der Waals surface area contributed by atoms with Gasteiger partial charge in [-0.3, -0.25) is 0 Å². The molecule has 0 radical (unpaired) electrons. The van der Waals surface area contributed by atoms with Gasteiger partial charge in [-0.05, 0) is 48.9 Å². The van der Waals surface area contributed by atoms with Gasteiger partial charge >= 0.3 is 0 Å². The average Bonchev–Trinajstić information content (AvgIpc) is 2.46. The summed E-state index contributed by atoms with van der Waals surface area (Å²) in [4.78, 5) is 0. The van der Waals surface area contributed by atoms with Crippen LogP contribution >= 0.6 is 0 Å². The van der Waals surface area contributed by atoms with E-state index in [2.05, 4.69) is 19.2 Å². The second kappa shape index (κ2) is 4.88. The lowest BCUT2D eigenvalue weighted by Crippen LogP contribution is -2.22. The van der Waals surface area contributed by atoms with Crippen LogP contribution in [0.4, 0.5) is 4.39 Å². The van der Waals surface area contributed by atoms with Crippen molar-refractivity contribution in [2.75, 3.05) is 14.2 Å². The minimum atomic E-state index is -0.137. The Morgan fingerprint density at radius 1 is 1.39 bits per heavy atom. The Hall–Kier alpha value is -1.09. The molecule has 1 aliphatic rings. The summed E-state index contributed by atoms with van der Waals surface area (Å²) in [6.07, 6.45) is 2.83. The molecule has 1 aromatic rings. The van der Waals surface area contributed by atoms with Crippen LogP contribution in [-0.4, -0.2) is 14.2 Å². The SMILES string of the molecule is CNC1CC(C)(C)CCc2c(F)cc(OC)cc21.